The molecule has 1 rings (SSSR count). The van der Waals surface area contributed by atoms with Gasteiger partial charge in [0, 0.05) is 11.5 Å². The fourth-order valence-electron chi connectivity index (χ4n) is 1.56. The summed E-state index contributed by atoms with van der Waals surface area (Å²) in [6.07, 6.45) is 0.139. The van der Waals surface area contributed by atoms with Crippen LogP contribution in [-0.2, 0) is 9.53 Å². The Kier molecular flexibility index (Phi) is 4.88. The molecule has 0 aliphatic heterocycles. The van der Waals surface area contributed by atoms with Crippen molar-refractivity contribution in [1.82, 2.24) is 0 Å². The molecule has 0 spiro atoms. The highest BCUT2D eigenvalue weighted by Gasteiger charge is 2.18. The second-order valence-corrected chi connectivity index (χ2v) is 4.14. The molecule has 0 aliphatic carbocycles. The third-order valence-corrected chi connectivity index (χ3v) is 2.56. The zero-order valence-electron chi connectivity index (χ0n) is 10.5. The Balaban J connectivity index is 2.63. The standard InChI is InChI=1S/C14H18O3/c1-4-17-13(15)9-11(3)14(16)12-7-5-10(2)6-8-12/h5-8,11H,4,9H2,1-3H3. The molecule has 0 bridgehead atoms. The summed E-state index contributed by atoms with van der Waals surface area (Å²) in [4.78, 5) is 23.3. The minimum absolute atomic E-state index is 0.0157. The van der Waals surface area contributed by atoms with Gasteiger partial charge in [-0.2, -0.15) is 0 Å². The summed E-state index contributed by atoms with van der Waals surface area (Å²) in [5.74, 6) is -0.671. The van der Waals surface area contributed by atoms with Crippen LogP contribution in [0.2, 0.25) is 0 Å². The molecule has 1 atom stereocenters. The first kappa shape index (κ1) is 13.4. The van der Waals surface area contributed by atoms with Gasteiger partial charge in [0.25, 0.3) is 0 Å². The van der Waals surface area contributed by atoms with Gasteiger partial charge in [-0.25, -0.2) is 0 Å². The van der Waals surface area contributed by atoms with Gasteiger partial charge >= 0.3 is 5.97 Å². The lowest BCUT2D eigenvalue weighted by molar-refractivity contribution is -0.143. The molecule has 0 saturated carbocycles. The maximum absolute atomic E-state index is 12.0. The number of rotatable bonds is 5. The summed E-state index contributed by atoms with van der Waals surface area (Å²) in [5, 5.41) is 0. The molecular weight excluding hydrogens is 216 g/mol. The van der Waals surface area contributed by atoms with Crippen molar-refractivity contribution in [2.24, 2.45) is 5.92 Å². The number of benzene rings is 1. The fourth-order valence-corrected chi connectivity index (χ4v) is 1.56. The van der Waals surface area contributed by atoms with E-state index in [0.29, 0.717) is 12.2 Å². The molecule has 1 unspecified atom stereocenters. The lowest BCUT2D eigenvalue weighted by Crippen LogP contribution is -2.17. The van der Waals surface area contributed by atoms with Crippen LogP contribution < -0.4 is 0 Å². The minimum Gasteiger partial charge on any atom is -0.466 e. The van der Waals surface area contributed by atoms with Crippen LogP contribution in [0, 0.1) is 12.8 Å². The highest BCUT2D eigenvalue weighted by Crippen LogP contribution is 2.13. The van der Waals surface area contributed by atoms with Crippen molar-refractivity contribution in [3.8, 4) is 0 Å². The molecule has 0 heterocycles. The first-order chi connectivity index (χ1) is 8.04. The van der Waals surface area contributed by atoms with Crippen molar-refractivity contribution in [1.29, 1.82) is 0 Å². The molecule has 0 fully saturated rings. The van der Waals surface area contributed by atoms with Crippen molar-refractivity contribution < 1.29 is 14.3 Å². The van der Waals surface area contributed by atoms with Gasteiger partial charge in [0.2, 0.25) is 0 Å². The van der Waals surface area contributed by atoms with Crippen LogP contribution in [0.15, 0.2) is 24.3 Å². The minimum atomic E-state index is -0.336. The van der Waals surface area contributed by atoms with E-state index in [-0.39, 0.29) is 24.1 Å². The molecule has 92 valence electrons. The van der Waals surface area contributed by atoms with E-state index < -0.39 is 0 Å². The van der Waals surface area contributed by atoms with Crippen LogP contribution >= 0.6 is 0 Å². The number of hydrogen-bond donors (Lipinski definition) is 0. The van der Waals surface area contributed by atoms with Gasteiger partial charge in [0.05, 0.1) is 13.0 Å². The summed E-state index contributed by atoms with van der Waals surface area (Å²) in [6, 6.07) is 7.37. The van der Waals surface area contributed by atoms with E-state index in [1.165, 1.54) is 0 Å². The lowest BCUT2D eigenvalue weighted by atomic mass is 9.96. The van der Waals surface area contributed by atoms with Crippen molar-refractivity contribution >= 4 is 11.8 Å². The second-order valence-electron chi connectivity index (χ2n) is 4.14. The first-order valence-electron chi connectivity index (χ1n) is 5.81. The largest absolute Gasteiger partial charge is 0.466 e. The number of carbonyl (C=O) groups is 2. The average Bonchev–Trinajstić information content (AvgIpc) is 2.29. The number of carbonyl (C=O) groups excluding carboxylic acids is 2. The topological polar surface area (TPSA) is 43.4 Å². The second kappa shape index (κ2) is 6.18. The predicted molar refractivity (Wildman–Crippen MR) is 65.9 cm³/mol. The Morgan fingerprint density at radius 3 is 2.35 bits per heavy atom. The maximum atomic E-state index is 12.0. The quantitative estimate of drug-likeness (QED) is 0.581. The summed E-state index contributed by atoms with van der Waals surface area (Å²) < 4.78 is 4.83. The Labute approximate surface area is 102 Å². The van der Waals surface area contributed by atoms with Crippen LogP contribution in [-0.4, -0.2) is 18.4 Å². The van der Waals surface area contributed by atoms with Crippen molar-refractivity contribution in [2.75, 3.05) is 6.61 Å². The van der Waals surface area contributed by atoms with E-state index >= 15 is 0 Å². The zero-order chi connectivity index (χ0) is 12.8. The average molecular weight is 234 g/mol. The van der Waals surface area contributed by atoms with Gasteiger partial charge in [-0.1, -0.05) is 36.8 Å². The van der Waals surface area contributed by atoms with E-state index in [9.17, 15) is 9.59 Å². The third-order valence-electron chi connectivity index (χ3n) is 2.56. The highest BCUT2D eigenvalue weighted by molar-refractivity contribution is 5.99. The van der Waals surface area contributed by atoms with Crippen molar-refractivity contribution in [2.45, 2.75) is 27.2 Å². The zero-order valence-corrected chi connectivity index (χ0v) is 10.5. The molecule has 1 aromatic carbocycles. The molecule has 0 amide bonds. The van der Waals surface area contributed by atoms with Gasteiger partial charge in [-0.05, 0) is 13.8 Å². The monoisotopic (exact) mass is 234 g/mol. The molecule has 0 aliphatic rings. The summed E-state index contributed by atoms with van der Waals surface area (Å²) in [7, 11) is 0. The number of hydrogen-bond acceptors (Lipinski definition) is 3. The molecule has 0 aromatic heterocycles. The summed E-state index contributed by atoms with van der Waals surface area (Å²) in [5.41, 5.74) is 1.76. The molecule has 0 N–H and O–H groups in total. The first-order valence-corrected chi connectivity index (χ1v) is 5.81. The smallest absolute Gasteiger partial charge is 0.306 e. The lowest BCUT2D eigenvalue weighted by Gasteiger charge is -2.09. The highest BCUT2D eigenvalue weighted by atomic mass is 16.5. The third kappa shape index (κ3) is 4.02. The molecule has 3 heteroatoms. The van der Waals surface area contributed by atoms with E-state index in [0.717, 1.165) is 5.56 Å². The number of Topliss-reactive ketones (excluding diaryl/α,β-unsaturated/α-hetero) is 1. The molecular formula is C14H18O3. The molecule has 17 heavy (non-hydrogen) atoms. The van der Waals surface area contributed by atoms with E-state index in [4.69, 9.17) is 4.74 Å². The van der Waals surface area contributed by atoms with Gasteiger partial charge in [0.1, 0.15) is 0 Å². The van der Waals surface area contributed by atoms with Gasteiger partial charge < -0.3 is 4.74 Å². The molecule has 1 aromatic rings. The maximum Gasteiger partial charge on any atom is 0.306 e. The Bertz CT molecular complexity index is 392. The summed E-state index contributed by atoms with van der Waals surface area (Å²) >= 11 is 0. The number of ether oxygens (including phenoxy) is 1. The van der Waals surface area contributed by atoms with Gasteiger partial charge in [0.15, 0.2) is 5.78 Å². The number of esters is 1. The van der Waals surface area contributed by atoms with E-state index in [1.807, 2.05) is 19.1 Å². The normalized spacial score (nSPS) is 11.9. The Morgan fingerprint density at radius 1 is 1.24 bits per heavy atom. The number of aryl methyl sites for hydroxylation is 1. The fraction of sp³-hybridized carbons (Fsp3) is 0.429. The van der Waals surface area contributed by atoms with Crippen LogP contribution in [0.4, 0.5) is 0 Å². The van der Waals surface area contributed by atoms with Crippen molar-refractivity contribution in [3.63, 3.8) is 0 Å². The van der Waals surface area contributed by atoms with Crippen LogP contribution in [0.25, 0.3) is 0 Å². The summed E-state index contributed by atoms with van der Waals surface area (Å²) in [6.45, 7) is 5.82. The molecule has 3 nitrogen and oxygen atoms in total. The number of ketones is 1. The Morgan fingerprint density at radius 2 is 1.82 bits per heavy atom. The molecule has 0 saturated heterocycles. The molecule has 0 radical (unpaired) electrons. The van der Waals surface area contributed by atoms with Gasteiger partial charge in [-0.15, -0.1) is 0 Å². The van der Waals surface area contributed by atoms with Crippen LogP contribution in [0.3, 0.4) is 0 Å². The predicted octanol–water partition coefficient (Wildman–Crippen LogP) is 2.77. The van der Waals surface area contributed by atoms with Crippen LogP contribution in [0.5, 0.6) is 0 Å². The Hall–Kier alpha value is -1.64. The van der Waals surface area contributed by atoms with E-state index in [2.05, 4.69) is 0 Å². The van der Waals surface area contributed by atoms with E-state index in [1.54, 1.807) is 26.0 Å². The van der Waals surface area contributed by atoms with Gasteiger partial charge in [-0.3, -0.25) is 9.59 Å². The van der Waals surface area contributed by atoms with Crippen LogP contribution in [0.1, 0.15) is 36.2 Å². The SMILES string of the molecule is CCOC(=O)CC(C)C(=O)c1ccc(C)cc1. The van der Waals surface area contributed by atoms with Crippen molar-refractivity contribution in [3.05, 3.63) is 35.4 Å².